The largest absolute Gasteiger partial charge is 0.480 e. The summed E-state index contributed by atoms with van der Waals surface area (Å²) in [7, 11) is 0. The minimum atomic E-state index is -1.21. The topological polar surface area (TPSA) is 78.4 Å². The van der Waals surface area contributed by atoms with Gasteiger partial charge in [0, 0.05) is 0 Å². The Morgan fingerprint density at radius 1 is 1.44 bits per heavy atom. The van der Waals surface area contributed by atoms with Gasteiger partial charge in [-0.05, 0) is 39.2 Å². The van der Waals surface area contributed by atoms with Crippen molar-refractivity contribution in [3.63, 3.8) is 0 Å². The number of carboxylic acid groups (broad SMARTS) is 1. The Balaban J connectivity index is 2.61. The lowest BCUT2D eigenvalue weighted by Crippen LogP contribution is -2.58. The van der Waals surface area contributed by atoms with E-state index in [9.17, 15) is 9.59 Å². The first kappa shape index (κ1) is 13.0. The number of carboxylic acids is 1. The molecule has 1 rings (SSSR count). The summed E-state index contributed by atoms with van der Waals surface area (Å²) in [6, 6.07) is -0.271. The van der Waals surface area contributed by atoms with E-state index in [0.29, 0.717) is 0 Å². The second-order valence-corrected chi connectivity index (χ2v) is 4.97. The first-order valence-corrected chi connectivity index (χ1v) is 5.63. The maximum Gasteiger partial charge on any atom is 0.328 e. The van der Waals surface area contributed by atoms with E-state index in [2.05, 4.69) is 10.6 Å². The molecule has 0 aromatic rings. The zero-order chi connectivity index (χ0) is 12.3. The summed E-state index contributed by atoms with van der Waals surface area (Å²) in [5.41, 5.74) is -1.21. The van der Waals surface area contributed by atoms with Crippen LogP contribution in [0.25, 0.3) is 0 Å². The maximum absolute atomic E-state index is 11.9. The molecule has 92 valence electrons. The Morgan fingerprint density at radius 2 is 2.06 bits per heavy atom. The van der Waals surface area contributed by atoms with Gasteiger partial charge in [-0.15, -0.1) is 0 Å². The zero-order valence-electron chi connectivity index (χ0n) is 10.0. The van der Waals surface area contributed by atoms with Crippen molar-refractivity contribution in [1.82, 2.24) is 10.6 Å². The lowest BCUT2D eigenvalue weighted by atomic mass is 9.91. The third-order valence-electron chi connectivity index (χ3n) is 3.02. The molecule has 3 N–H and O–H groups in total. The zero-order valence-corrected chi connectivity index (χ0v) is 10.0. The Kier molecular flexibility index (Phi) is 3.91. The summed E-state index contributed by atoms with van der Waals surface area (Å²) in [6.07, 6.45) is 2.06. The van der Waals surface area contributed by atoms with E-state index in [-0.39, 0.29) is 17.9 Å². The first-order valence-electron chi connectivity index (χ1n) is 5.63. The van der Waals surface area contributed by atoms with E-state index < -0.39 is 11.5 Å². The van der Waals surface area contributed by atoms with Crippen LogP contribution in [-0.2, 0) is 9.59 Å². The molecule has 16 heavy (non-hydrogen) atoms. The van der Waals surface area contributed by atoms with Gasteiger partial charge in [-0.3, -0.25) is 4.79 Å². The van der Waals surface area contributed by atoms with Crippen molar-refractivity contribution in [3.8, 4) is 0 Å². The highest BCUT2D eigenvalue weighted by atomic mass is 16.4. The van der Waals surface area contributed by atoms with E-state index in [0.717, 1.165) is 19.4 Å². The van der Waals surface area contributed by atoms with Crippen LogP contribution in [0, 0.1) is 5.92 Å². The lowest BCUT2D eigenvalue weighted by molar-refractivity contribution is -0.146. The van der Waals surface area contributed by atoms with Crippen LogP contribution >= 0.6 is 0 Å². The van der Waals surface area contributed by atoms with Crippen molar-refractivity contribution in [2.75, 3.05) is 6.54 Å². The third-order valence-corrected chi connectivity index (χ3v) is 3.02. The average Bonchev–Trinajstić information content (AvgIpc) is 2.17. The summed E-state index contributed by atoms with van der Waals surface area (Å²) < 4.78 is 0. The van der Waals surface area contributed by atoms with Crippen LogP contribution in [0.1, 0.15) is 33.6 Å². The van der Waals surface area contributed by atoms with Crippen molar-refractivity contribution < 1.29 is 14.7 Å². The van der Waals surface area contributed by atoms with Crippen molar-refractivity contribution >= 4 is 11.9 Å². The predicted molar refractivity (Wildman–Crippen MR) is 60.0 cm³/mol. The van der Waals surface area contributed by atoms with Crippen LogP contribution in [-0.4, -0.2) is 35.1 Å². The monoisotopic (exact) mass is 228 g/mol. The molecular formula is C11H20N2O3. The first-order chi connectivity index (χ1) is 7.34. The van der Waals surface area contributed by atoms with Crippen molar-refractivity contribution in [2.24, 2.45) is 5.92 Å². The second kappa shape index (κ2) is 4.82. The van der Waals surface area contributed by atoms with E-state index in [1.54, 1.807) is 0 Å². The van der Waals surface area contributed by atoms with Gasteiger partial charge in [-0.1, -0.05) is 6.92 Å². The Bertz CT molecular complexity index is 289. The normalized spacial score (nSPS) is 26.2. The van der Waals surface area contributed by atoms with E-state index in [4.69, 9.17) is 5.11 Å². The van der Waals surface area contributed by atoms with E-state index in [1.807, 2.05) is 6.92 Å². The molecular weight excluding hydrogens is 208 g/mol. The van der Waals surface area contributed by atoms with Gasteiger partial charge < -0.3 is 15.7 Å². The van der Waals surface area contributed by atoms with Crippen LogP contribution in [0.15, 0.2) is 0 Å². The van der Waals surface area contributed by atoms with Gasteiger partial charge in [-0.25, -0.2) is 4.79 Å². The molecule has 5 heteroatoms. The van der Waals surface area contributed by atoms with Crippen molar-refractivity contribution in [3.05, 3.63) is 0 Å². The number of hydrogen-bond donors (Lipinski definition) is 3. The minimum Gasteiger partial charge on any atom is -0.480 e. The summed E-state index contributed by atoms with van der Waals surface area (Å²) in [4.78, 5) is 22.8. The van der Waals surface area contributed by atoms with Gasteiger partial charge in [0.25, 0.3) is 0 Å². The van der Waals surface area contributed by atoms with Crippen molar-refractivity contribution in [1.29, 1.82) is 0 Å². The predicted octanol–water partition coefficient (Wildman–Crippen LogP) is 0.354. The number of piperidine rings is 1. The Hall–Kier alpha value is -1.10. The number of hydrogen-bond acceptors (Lipinski definition) is 3. The molecule has 0 aromatic heterocycles. The van der Waals surface area contributed by atoms with E-state index in [1.165, 1.54) is 13.8 Å². The number of rotatable bonds is 3. The molecule has 1 saturated heterocycles. The summed E-state index contributed by atoms with van der Waals surface area (Å²) in [5.74, 6) is -0.998. The smallest absolute Gasteiger partial charge is 0.328 e. The van der Waals surface area contributed by atoms with Gasteiger partial charge in [-0.2, -0.15) is 0 Å². The van der Waals surface area contributed by atoms with Gasteiger partial charge in [0.1, 0.15) is 5.54 Å². The molecule has 0 aromatic carbocycles. The molecule has 1 amide bonds. The molecule has 0 radical (unpaired) electrons. The fourth-order valence-electron chi connectivity index (χ4n) is 1.84. The van der Waals surface area contributed by atoms with Crippen LogP contribution in [0.2, 0.25) is 0 Å². The summed E-state index contributed by atoms with van der Waals surface area (Å²) in [6.45, 7) is 5.79. The number of aliphatic carboxylic acids is 1. The number of carbonyl (C=O) groups excluding carboxylic acids is 1. The molecule has 0 aliphatic carbocycles. The van der Waals surface area contributed by atoms with Crippen LogP contribution in [0.4, 0.5) is 0 Å². The molecule has 2 atom stereocenters. The molecule has 2 unspecified atom stereocenters. The average molecular weight is 228 g/mol. The highest BCUT2D eigenvalue weighted by Crippen LogP contribution is 2.16. The maximum atomic E-state index is 11.9. The molecule has 5 nitrogen and oxygen atoms in total. The lowest BCUT2D eigenvalue weighted by Gasteiger charge is -2.31. The van der Waals surface area contributed by atoms with Crippen molar-refractivity contribution in [2.45, 2.75) is 45.2 Å². The molecule has 0 bridgehead atoms. The molecule has 0 spiro atoms. The summed E-state index contributed by atoms with van der Waals surface area (Å²) in [5, 5.41) is 14.6. The Morgan fingerprint density at radius 3 is 2.56 bits per heavy atom. The molecule has 1 fully saturated rings. The van der Waals surface area contributed by atoms with Gasteiger partial charge in [0.2, 0.25) is 5.91 Å². The highest BCUT2D eigenvalue weighted by molar-refractivity contribution is 5.89. The third kappa shape index (κ3) is 2.95. The van der Waals surface area contributed by atoms with Crippen LogP contribution in [0.3, 0.4) is 0 Å². The molecule has 0 saturated carbocycles. The quantitative estimate of drug-likeness (QED) is 0.651. The number of amides is 1. The molecule has 1 heterocycles. The second-order valence-electron chi connectivity index (χ2n) is 4.97. The summed E-state index contributed by atoms with van der Waals surface area (Å²) >= 11 is 0. The fraction of sp³-hybridized carbons (Fsp3) is 0.818. The van der Waals surface area contributed by atoms with Gasteiger partial charge >= 0.3 is 5.97 Å². The van der Waals surface area contributed by atoms with E-state index >= 15 is 0 Å². The standard InChI is InChI=1S/C11H20N2O3/c1-7-5-4-6-12-8(7)9(14)13-11(2,3)10(15)16/h7-8,12H,4-6H2,1-3H3,(H,13,14)(H,15,16). The minimum absolute atomic E-state index is 0.223. The SMILES string of the molecule is CC1CCCNC1C(=O)NC(C)(C)C(=O)O. The number of nitrogens with one attached hydrogen (secondary N) is 2. The fourth-order valence-corrected chi connectivity index (χ4v) is 1.84. The Labute approximate surface area is 95.6 Å². The molecule has 1 aliphatic heterocycles. The highest BCUT2D eigenvalue weighted by Gasteiger charge is 2.34. The van der Waals surface area contributed by atoms with Crippen LogP contribution < -0.4 is 10.6 Å². The van der Waals surface area contributed by atoms with Gasteiger partial charge in [0.05, 0.1) is 6.04 Å². The van der Waals surface area contributed by atoms with Crippen LogP contribution in [0.5, 0.6) is 0 Å². The molecule has 1 aliphatic rings. The van der Waals surface area contributed by atoms with Gasteiger partial charge in [0.15, 0.2) is 0 Å². The number of carbonyl (C=O) groups is 2.